The molecule has 9 nitrogen and oxygen atoms in total. The molecular weight excluding hydrogens is 373 g/mol. The Balaban J connectivity index is 1.34. The Labute approximate surface area is 157 Å². The van der Waals surface area contributed by atoms with Crippen LogP contribution in [0.3, 0.4) is 0 Å². The lowest BCUT2D eigenvalue weighted by molar-refractivity contribution is -0.0272. The minimum absolute atomic E-state index is 0.0312. The van der Waals surface area contributed by atoms with Crippen LogP contribution < -0.4 is 17.0 Å². The zero-order valence-corrected chi connectivity index (χ0v) is 16.2. The highest BCUT2D eigenvalue weighted by Crippen LogP contribution is 2.53. The molecule has 0 spiro atoms. The van der Waals surface area contributed by atoms with Crippen molar-refractivity contribution in [3.63, 3.8) is 0 Å². The molecule has 27 heavy (non-hydrogen) atoms. The fourth-order valence-corrected chi connectivity index (χ4v) is 5.36. The van der Waals surface area contributed by atoms with Crippen LogP contribution >= 0.6 is 8.25 Å². The van der Waals surface area contributed by atoms with E-state index in [1.54, 1.807) is 6.92 Å². The highest BCUT2D eigenvalue weighted by Gasteiger charge is 2.52. The third-order valence-corrected chi connectivity index (χ3v) is 6.93. The molecule has 1 aromatic rings. The van der Waals surface area contributed by atoms with E-state index in [4.69, 9.17) is 19.5 Å². The van der Waals surface area contributed by atoms with Crippen LogP contribution in [0.4, 0.5) is 0 Å². The predicted octanol–water partition coefficient (Wildman–Crippen LogP) is 1.48. The first-order valence-corrected chi connectivity index (χ1v) is 10.5. The molecule has 2 heterocycles. The van der Waals surface area contributed by atoms with Crippen molar-refractivity contribution in [1.29, 1.82) is 0 Å². The maximum atomic E-state index is 12.2. The van der Waals surface area contributed by atoms with Gasteiger partial charge in [-0.05, 0) is 44.9 Å². The zero-order valence-electron chi connectivity index (χ0n) is 15.3. The number of fused-ring (bicyclic) bond motifs is 2. The van der Waals surface area contributed by atoms with Gasteiger partial charge < -0.3 is 10.5 Å². The molecule has 4 rings (SSSR count). The number of nitrogens with two attached hydrogens (primary N) is 1. The van der Waals surface area contributed by atoms with Gasteiger partial charge in [0, 0.05) is 28.8 Å². The van der Waals surface area contributed by atoms with Gasteiger partial charge in [-0.3, -0.25) is 14.3 Å². The van der Waals surface area contributed by atoms with Crippen molar-refractivity contribution < 1.29 is 18.3 Å². The Kier molecular flexibility index (Phi) is 5.07. The maximum Gasteiger partial charge on any atom is 0.698 e. The molecule has 10 heteroatoms. The van der Waals surface area contributed by atoms with Gasteiger partial charge in [-0.25, -0.2) is 4.79 Å². The number of H-pyrrole nitrogens is 1. The number of rotatable bonds is 6. The zero-order chi connectivity index (χ0) is 19.2. The van der Waals surface area contributed by atoms with Crippen LogP contribution in [-0.2, 0) is 18.3 Å². The van der Waals surface area contributed by atoms with Gasteiger partial charge in [-0.15, -0.1) is 9.05 Å². The molecule has 1 unspecified atom stereocenters. The van der Waals surface area contributed by atoms with Crippen molar-refractivity contribution in [2.75, 3.05) is 6.61 Å². The van der Waals surface area contributed by atoms with Crippen molar-refractivity contribution >= 4 is 8.25 Å². The second-order valence-corrected chi connectivity index (χ2v) is 8.84. The standard InChI is InChI=1S/C17H24N3O6P/c1-10-8-20(16(22)19-15(10)21)14-6-12(18)13(25-14)9-24-27(23)26-17-4-2-11(7-17)3-5-17/h8,11-14H,2-7,9,18H2,1H3/p+1/t11?,12-,13+,14+,17?/m0/s1. The SMILES string of the molecule is Cc1cn([C@H]2C[C@H](N)[C@@H](CO[P+](=O)OC34CCC(CC3)C4)O2)c(=O)[nH]c1=O. The number of hydrogen-bond donors (Lipinski definition) is 2. The summed E-state index contributed by atoms with van der Waals surface area (Å²) < 4.78 is 30.5. The Morgan fingerprint density at radius 3 is 2.81 bits per heavy atom. The van der Waals surface area contributed by atoms with Crippen LogP contribution in [-0.4, -0.2) is 33.9 Å². The Morgan fingerprint density at radius 2 is 2.15 bits per heavy atom. The number of hydrogen-bond acceptors (Lipinski definition) is 7. The fourth-order valence-electron chi connectivity index (χ4n) is 4.47. The second kappa shape index (κ2) is 7.22. The maximum absolute atomic E-state index is 12.2. The molecule has 1 saturated heterocycles. The molecule has 2 bridgehead atoms. The van der Waals surface area contributed by atoms with E-state index in [2.05, 4.69) is 4.98 Å². The van der Waals surface area contributed by atoms with Crippen molar-refractivity contribution in [2.24, 2.45) is 11.7 Å². The van der Waals surface area contributed by atoms with E-state index in [1.165, 1.54) is 10.8 Å². The quantitative estimate of drug-likeness (QED) is 0.695. The first kappa shape index (κ1) is 19.0. The van der Waals surface area contributed by atoms with Gasteiger partial charge >= 0.3 is 13.9 Å². The minimum atomic E-state index is -2.24. The lowest BCUT2D eigenvalue weighted by Crippen LogP contribution is -2.33. The topological polar surface area (TPSA) is 126 Å². The van der Waals surface area contributed by atoms with Crippen molar-refractivity contribution in [3.8, 4) is 0 Å². The minimum Gasteiger partial charge on any atom is -0.350 e. The van der Waals surface area contributed by atoms with E-state index in [-0.39, 0.29) is 18.2 Å². The molecule has 4 atom stereocenters. The van der Waals surface area contributed by atoms with Gasteiger partial charge in [0.1, 0.15) is 24.5 Å². The summed E-state index contributed by atoms with van der Waals surface area (Å²) in [6.07, 6.45) is 5.87. The summed E-state index contributed by atoms with van der Waals surface area (Å²) in [7, 11) is -2.24. The molecule has 148 valence electrons. The van der Waals surface area contributed by atoms with Crippen molar-refractivity contribution in [1.82, 2.24) is 9.55 Å². The summed E-state index contributed by atoms with van der Waals surface area (Å²) in [5.41, 5.74) is 5.27. The average Bonchev–Trinajstić information content (AvgIpc) is 3.30. The van der Waals surface area contributed by atoms with E-state index in [0.717, 1.165) is 32.1 Å². The van der Waals surface area contributed by atoms with Gasteiger partial charge in [0.15, 0.2) is 0 Å². The molecule has 0 amide bonds. The van der Waals surface area contributed by atoms with Gasteiger partial charge in [0.2, 0.25) is 0 Å². The van der Waals surface area contributed by atoms with Crippen LogP contribution in [0.5, 0.6) is 0 Å². The number of ether oxygens (including phenoxy) is 1. The number of nitrogens with zero attached hydrogens (tertiary/aromatic N) is 1. The summed E-state index contributed by atoms with van der Waals surface area (Å²) in [6, 6.07) is -0.377. The number of aromatic amines is 1. The van der Waals surface area contributed by atoms with E-state index in [1.807, 2.05) is 0 Å². The average molecular weight is 398 g/mol. The molecule has 2 aliphatic carbocycles. The summed E-state index contributed by atoms with van der Waals surface area (Å²) in [4.78, 5) is 25.8. The summed E-state index contributed by atoms with van der Waals surface area (Å²) in [6.45, 7) is 1.64. The monoisotopic (exact) mass is 398 g/mol. The van der Waals surface area contributed by atoms with E-state index < -0.39 is 31.8 Å². The number of nitrogens with one attached hydrogen (secondary N) is 1. The summed E-state index contributed by atoms with van der Waals surface area (Å²) in [5.74, 6) is 0.694. The molecule has 3 fully saturated rings. The van der Waals surface area contributed by atoms with Crippen LogP contribution in [0.25, 0.3) is 0 Å². The molecule has 1 aromatic heterocycles. The van der Waals surface area contributed by atoms with Gasteiger partial charge in [-0.2, -0.15) is 0 Å². The van der Waals surface area contributed by atoms with Crippen molar-refractivity contribution in [3.05, 3.63) is 32.6 Å². The predicted molar refractivity (Wildman–Crippen MR) is 96.5 cm³/mol. The molecule has 3 N–H and O–H groups in total. The molecule has 0 aromatic carbocycles. The molecule has 1 aliphatic heterocycles. The highest BCUT2D eigenvalue weighted by molar-refractivity contribution is 7.33. The smallest absolute Gasteiger partial charge is 0.350 e. The van der Waals surface area contributed by atoms with Gasteiger partial charge in [0.05, 0.1) is 0 Å². The number of aromatic nitrogens is 2. The normalized spacial score (nSPS) is 35.7. The van der Waals surface area contributed by atoms with Crippen LogP contribution in [0.15, 0.2) is 15.8 Å². The third-order valence-electron chi connectivity index (χ3n) is 6.03. The highest BCUT2D eigenvalue weighted by atomic mass is 31.1. The van der Waals surface area contributed by atoms with E-state index >= 15 is 0 Å². The molecule has 0 radical (unpaired) electrons. The fraction of sp³-hybridized carbons (Fsp3) is 0.765. The first-order valence-electron chi connectivity index (χ1n) is 9.38. The van der Waals surface area contributed by atoms with E-state index in [9.17, 15) is 14.2 Å². The van der Waals surface area contributed by atoms with Crippen molar-refractivity contribution in [2.45, 2.75) is 69.4 Å². The first-order chi connectivity index (χ1) is 12.8. The van der Waals surface area contributed by atoms with E-state index in [0.29, 0.717) is 17.9 Å². The molecular formula is C17H25N3O6P+. The Bertz CT molecular complexity index is 844. The second-order valence-electron chi connectivity index (χ2n) is 7.95. The largest absolute Gasteiger partial charge is 0.698 e. The van der Waals surface area contributed by atoms with Gasteiger partial charge in [-0.1, -0.05) is 0 Å². The van der Waals surface area contributed by atoms with Crippen LogP contribution in [0, 0.1) is 12.8 Å². The molecule has 3 aliphatic rings. The van der Waals surface area contributed by atoms with Crippen LogP contribution in [0.1, 0.15) is 50.3 Å². The summed E-state index contributed by atoms with van der Waals surface area (Å²) in [5, 5.41) is 0. The Hall–Kier alpha value is -1.38. The number of aryl methyl sites for hydroxylation is 1. The van der Waals surface area contributed by atoms with Crippen LogP contribution in [0.2, 0.25) is 0 Å². The summed E-state index contributed by atoms with van der Waals surface area (Å²) >= 11 is 0. The molecule has 2 saturated carbocycles. The third kappa shape index (κ3) is 3.79. The lowest BCUT2D eigenvalue weighted by atomic mass is 9.98. The van der Waals surface area contributed by atoms with Gasteiger partial charge in [0.25, 0.3) is 5.56 Å². The Morgan fingerprint density at radius 1 is 1.41 bits per heavy atom. The lowest BCUT2D eigenvalue weighted by Gasteiger charge is -2.18.